The fourth-order valence-corrected chi connectivity index (χ4v) is 4.97. The van der Waals surface area contributed by atoms with Gasteiger partial charge in [0.25, 0.3) is 0 Å². The van der Waals surface area contributed by atoms with E-state index in [1.165, 1.54) is 15.3 Å². The van der Waals surface area contributed by atoms with Gasteiger partial charge in [-0.1, -0.05) is 6.07 Å². The van der Waals surface area contributed by atoms with Crippen LogP contribution in [0.2, 0.25) is 0 Å². The summed E-state index contributed by atoms with van der Waals surface area (Å²) in [7, 11) is 1.67. The first kappa shape index (κ1) is 15.9. The normalized spacial score (nSPS) is 25.9. The van der Waals surface area contributed by atoms with Crippen LogP contribution in [0.4, 0.5) is 0 Å². The molecule has 1 aromatic heterocycles. The van der Waals surface area contributed by atoms with Crippen LogP contribution in [0, 0.1) is 12.3 Å². The fraction of sp³-hybridized carbons (Fsp3) is 0.474. The highest BCUT2D eigenvalue weighted by Crippen LogP contribution is 2.50. The molecular weight excluding hydrogens is 322 g/mol. The maximum Gasteiger partial charge on any atom is 0.126 e. The van der Waals surface area contributed by atoms with Crippen LogP contribution in [-0.4, -0.2) is 43.4 Å². The molecule has 0 bridgehead atoms. The second kappa shape index (κ2) is 6.06. The molecule has 0 radical (unpaired) electrons. The fourth-order valence-electron chi connectivity index (χ4n) is 4.04. The molecule has 1 aromatic carbocycles. The predicted molar refractivity (Wildman–Crippen MR) is 95.1 cm³/mol. The summed E-state index contributed by atoms with van der Waals surface area (Å²) in [5, 5.41) is 10.1. The van der Waals surface area contributed by atoms with E-state index in [2.05, 4.69) is 30.0 Å². The number of hydrogen-bond donors (Lipinski definition) is 1. The predicted octanol–water partition coefficient (Wildman–Crippen LogP) is 3.04. The Balaban J connectivity index is 1.61. The summed E-state index contributed by atoms with van der Waals surface area (Å²) in [6.45, 7) is 5.64. The lowest BCUT2D eigenvalue weighted by molar-refractivity contribution is 0.0456. The van der Waals surface area contributed by atoms with Gasteiger partial charge in [0, 0.05) is 46.8 Å². The Labute approximate surface area is 146 Å². The van der Waals surface area contributed by atoms with Crippen LogP contribution in [0.5, 0.6) is 11.5 Å². The minimum atomic E-state index is -0.201. The van der Waals surface area contributed by atoms with Gasteiger partial charge in [-0.15, -0.1) is 11.3 Å². The van der Waals surface area contributed by atoms with Crippen molar-refractivity contribution in [1.82, 2.24) is 4.90 Å². The van der Waals surface area contributed by atoms with Crippen molar-refractivity contribution in [3.63, 3.8) is 0 Å². The molecule has 128 valence electrons. The van der Waals surface area contributed by atoms with Gasteiger partial charge in [-0.05, 0) is 30.7 Å². The summed E-state index contributed by atoms with van der Waals surface area (Å²) in [6.07, 6.45) is 0. The van der Waals surface area contributed by atoms with Crippen LogP contribution in [-0.2, 0) is 6.54 Å². The highest BCUT2D eigenvalue weighted by molar-refractivity contribution is 7.11. The standard InChI is InChI=1S/C19H23NO3S/c1-13-3-5-15(24-13)8-20-9-17-16-6-4-14(22-2)7-18(16)23-12-19(17,10-20)11-21/h3-7,17,21H,8-12H2,1-2H3/t17-,19-/m1/s1. The summed E-state index contributed by atoms with van der Waals surface area (Å²) in [5.74, 6) is 2.02. The topological polar surface area (TPSA) is 41.9 Å². The number of hydrogen-bond acceptors (Lipinski definition) is 5. The molecule has 4 nitrogen and oxygen atoms in total. The number of thiophene rings is 1. The minimum absolute atomic E-state index is 0.156. The summed E-state index contributed by atoms with van der Waals surface area (Å²) in [5.41, 5.74) is 0.995. The molecule has 1 saturated heterocycles. The SMILES string of the molecule is COc1ccc2c(c1)OC[C@]1(CO)CN(Cc3ccc(C)s3)C[C@H]21. The largest absolute Gasteiger partial charge is 0.497 e. The van der Waals surface area contributed by atoms with E-state index in [0.717, 1.165) is 31.1 Å². The number of aliphatic hydroxyl groups excluding tert-OH is 1. The van der Waals surface area contributed by atoms with Crippen molar-refractivity contribution in [2.75, 3.05) is 33.4 Å². The molecule has 0 unspecified atom stereocenters. The molecule has 3 heterocycles. The highest BCUT2D eigenvalue weighted by atomic mass is 32.1. The average molecular weight is 345 g/mol. The number of aryl methyl sites for hydroxylation is 1. The number of aliphatic hydroxyl groups is 1. The maximum absolute atomic E-state index is 10.1. The molecule has 1 N–H and O–H groups in total. The Bertz CT molecular complexity index is 744. The number of fused-ring (bicyclic) bond motifs is 3. The van der Waals surface area contributed by atoms with Crippen LogP contribution in [0.1, 0.15) is 21.2 Å². The average Bonchev–Trinajstić information content (AvgIpc) is 3.18. The first-order chi connectivity index (χ1) is 11.6. The lowest BCUT2D eigenvalue weighted by Crippen LogP contribution is -2.42. The Morgan fingerprint density at radius 3 is 2.96 bits per heavy atom. The Morgan fingerprint density at radius 2 is 2.25 bits per heavy atom. The van der Waals surface area contributed by atoms with Gasteiger partial charge in [0.05, 0.1) is 20.3 Å². The van der Waals surface area contributed by atoms with Gasteiger partial charge >= 0.3 is 0 Å². The minimum Gasteiger partial charge on any atom is -0.497 e. The van der Waals surface area contributed by atoms with Crippen molar-refractivity contribution in [2.24, 2.45) is 5.41 Å². The zero-order valence-corrected chi connectivity index (χ0v) is 14.9. The van der Waals surface area contributed by atoms with Gasteiger partial charge in [0.1, 0.15) is 11.5 Å². The lowest BCUT2D eigenvalue weighted by atomic mass is 9.74. The number of ether oxygens (including phenoxy) is 2. The zero-order chi connectivity index (χ0) is 16.7. The van der Waals surface area contributed by atoms with Crippen molar-refractivity contribution in [2.45, 2.75) is 19.4 Å². The van der Waals surface area contributed by atoms with Gasteiger partial charge in [0.2, 0.25) is 0 Å². The van der Waals surface area contributed by atoms with E-state index in [1.54, 1.807) is 7.11 Å². The van der Waals surface area contributed by atoms with Gasteiger partial charge in [-0.25, -0.2) is 0 Å². The number of rotatable bonds is 4. The second-order valence-corrected chi connectivity index (χ2v) is 8.32. The summed E-state index contributed by atoms with van der Waals surface area (Å²) < 4.78 is 11.3. The van der Waals surface area contributed by atoms with Crippen molar-refractivity contribution in [3.05, 3.63) is 45.6 Å². The molecule has 2 aliphatic rings. The van der Waals surface area contributed by atoms with Gasteiger partial charge < -0.3 is 14.6 Å². The number of likely N-dealkylation sites (tertiary alicyclic amines) is 1. The number of benzene rings is 1. The third-order valence-electron chi connectivity index (χ3n) is 5.32. The second-order valence-electron chi connectivity index (χ2n) is 6.95. The van der Waals surface area contributed by atoms with Crippen molar-refractivity contribution < 1.29 is 14.6 Å². The third kappa shape index (κ3) is 2.61. The quantitative estimate of drug-likeness (QED) is 0.925. The van der Waals surface area contributed by atoms with E-state index >= 15 is 0 Å². The summed E-state index contributed by atoms with van der Waals surface area (Å²) in [6, 6.07) is 10.4. The summed E-state index contributed by atoms with van der Waals surface area (Å²) >= 11 is 1.85. The first-order valence-corrected chi connectivity index (χ1v) is 9.14. The molecule has 4 rings (SSSR count). The smallest absolute Gasteiger partial charge is 0.126 e. The first-order valence-electron chi connectivity index (χ1n) is 8.33. The molecule has 0 amide bonds. The van der Waals surface area contributed by atoms with E-state index in [0.29, 0.717) is 12.5 Å². The van der Waals surface area contributed by atoms with Crippen molar-refractivity contribution in [3.8, 4) is 11.5 Å². The molecule has 1 fully saturated rings. The molecule has 5 heteroatoms. The molecule has 0 saturated carbocycles. The van der Waals surface area contributed by atoms with Crippen molar-refractivity contribution in [1.29, 1.82) is 0 Å². The van der Waals surface area contributed by atoms with E-state index in [4.69, 9.17) is 9.47 Å². The molecule has 2 aliphatic heterocycles. The van der Waals surface area contributed by atoms with Crippen LogP contribution < -0.4 is 9.47 Å². The zero-order valence-electron chi connectivity index (χ0n) is 14.1. The van der Waals surface area contributed by atoms with E-state index < -0.39 is 0 Å². The van der Waals surface area contributed by atoms with E-state index in [-0.39, 0.29) is 12.0 Å². The van der Waals surface area contributed by atoms with E-state index in [1.807, 2.05) is 23.5 Å². The van der Waals surface area contributed by atoms with Crippen LogP contribution in [0.25, 0.3) is 0 Å². The number of nitrogens with zero attached hydrogens (tertiary/aromatic N) is 1. The monoisotopic (exact) mass is 345 g/mol. The number of methoxy groups -OCH3 is 1. The molecule has 0 aliphatic carbocycles. The molecule has 2 atom stereocenters. The molecule has 2 aromatic rings. The van der Waals surface area contributed by atoms with Gasteiger partial charge in [-0.2, -0.15) is 0 Å². The van der Waals surface area contributed by atoms with Gasteiger partial charge in [-0.3, -0.25) is 4.90 Å². The maximum atomic E-state index is 10.1. The summed E-state index contributed by atoms with van der Waals surface area (Å²) in [4.78, 5) is 5.18. The molecular formula is C19H23NO3S. The van der Waals surface area contributed by atoms with Gasteiger partial charge in [0.15, 0.2) is 0 Å². The lowest BCUT2D eigenvalue weighted by Gasteiger charge is -2.38. The molecule has 0 spiro atoms. The Kier molecular flexibility index (Phi) is 4.03. The van der Waals surface area contributed by atoms with Crippen LogP contribution in [0.3, 0.4) is 0 Å². The Hall–Kier alpha value is -1.56. The van der Waals surface area contributed by atoms with E-state index in [9.17, 15) is 5.11 Å². The van der Waals surface area contributed by atoms with Crippen LogP contribution >= 0.6 is 11.3 Å². The Morgan fingerprint density at radius 1 is 1.38 bits per heavy atom. The highest BCUT2D eigenvalue weighted by Gasteiger charge is 2.50. The van der Waals surface area contributed by atoms with Crippen molar-refractivity contribution >= 4 is 11.3 Å². The van der Waals surface area contributed by atoms with Crippen LogP contribution in [0.15, 0.2) is 30.3 Å². The molecule has 24 heavy (non-hydrogen) atoms. The third-order valence-corrected chi connectivity index (χ3v) is 6.31.